The van der Waals surface area contributed by atoms with Gasteiger partial charge < -0.3 is 0 Å². The predicted octanol–water partition coefficient (Wildman–Crippen LogP) is 2.61. The summed E-state index contributed by atoms with van der Waals surface area (Å²) < 4.78 is 84.4. The fourth-order valence-electron chi connectivity index (χ4n) is 1.87. The van der Waals surface area contributed by atoms with Gasteiger partial charge >= 0.3 is 15.5 Å². The van der Waals surface area contributed by atoms with Gasteiger partial charge in [0.25, 0.3) is 10.0 Å². The van der Waals surface area contributed by atoms with E-state index in [0.29, 0.717) is 10.9 Å². The minimum absolute atomic E-state index is 0.0861. The van der Waals surface area contributed by atoms with Crippen LogP contribution in [0.1, 0.15) is 5.56 Å². The van der Waals surface area contributed by atoms with Crippen molar-refractivity contribution in [3.8, 4) is 0 Å². The van der Waals surface area contributed by atoms with E-state index in [1.165, 1.54) is 18.2 Å². The van der Waals surface area contributed by atoms with Gasteiger partial charge in [-0.2, -0.15) is 13.2 Å². The van der Waals surface area contributed by atoms with Gasteiger partial charge in [0.05, 0.1) is 4.90 Å². The van der Waals surface area contributed by atoms with E-state index in [4.69, 9.17) is 0 Å². The molecular formula is C13H10F3NO4S2. The van der Waals surface area contributed by atoms with Crippen LogP contribution in [0.25, 0.3) is 16.8 Å². The highest BCUT2D eigenvalue weighted by molar-refractivity contribution is 8.05. The van der Waals surface area contributed by atoms with Crippen molar-refractivity contribution in [2.45, 2.75) is 10.4 Å². The second kappa shape index (κ2) is 5.62. The first-order valence-electron chi connectivity index (χ1n) is 5.98. The van der Waals surface area contributed by atoms with Crippen LogP contribution in [0.3, 0.4) is 0 Å². The molecule has 0 aromatic heterocycles. The number of halogens is 3. The molecule has 0 aliphatic carbocycles. The summed E-state index contributed by atoms with van der Waals surface area (Å²) in [5.74, 6) is 0. The summed E-state index contributed by atoms with van der Waals surface area (Å²) in [6.07, 6.45) is 1.30. The van der Waals surface area contributed by atoms with Crippen LogP contribution in [-0.2, 0) is 20.0 Å². The topological polar surface area (TPSA) is 80.3 Å². The minimum atomic E-state index is -6.06. The Morgan fingerprint density at radius 3 is 2.22 bits per heavy atom. The molecule has 0 amide bonds. The van der Waals surface area contributed by atoms with Crippen molar-refractivity contribution in [3.63, 3.8) is 0 Å². The number of hydrogen-bond donors (Lipinski definition) is 1. The molecule has 0 aliphatic heterocycles. The van der Waals surface area contributed by atoms with Crippen LogP contribution >= 0.6 is 0 Å². The van der Waals surface area contributed by atoms with Gasteiger partial charge in [0, 0.05) is 5.39 Å². The Labute approximate surface area is 130 Å². The minimum Gasteiger partial charge on any atom is -0.206 e. The first kappa shape index (κ1) is 17.4. The summed E-state index contributed by atoms with van der Waals surface area (Å²) in [6, 6.07) is 8.60. The van der Waals surface area contributed by atoms with Crippen molar-refractivity contribution in [1.29, 1.82) is 0 Å². The Morgan fingerprint density at radius 1 is 1.04 bits per heavy atom. The average molecular weight is 365 g/mol. The van der Waals surface area contributed by atoms with Crippen molar-refractivity contribution in [3.05, 3.63) is 48.5 Å². The monoisotopic (exact) mass is 365 g/mol. The number of nitrogens with one attached hydrogen (secondary N) is 1. The number of sulfonamides is 2. The van der Waals surface area contributed by atoms with E-state index in [0.717, 1.165) is 10.2 Å². The number of alkyl halides is 3. The quantitative estimate of drug-likeness (QED) is 0.903. The van der Waals surface area contributed by atoms with E-state index in [-0.39, 0.29) is 5.39 Å². The van der Waals surface area contributed by atoms with Crippen LogP contribution in [0.15, 0.2) is 47.9 Å². The Hall–Kier alpha value is -1.91. The van der Waals surface area contributed by atoms with Gasteiger partial charge in [0.2, 0.25) is 0 Å². The molecule has 23 heavy (non-hydrogen) atoms. The standard InChI is InChI=1S/C13H10F3NO4S2/c1-2-9-7-10-5-3-4-6-11(10)12(8-9)22(18,19)17-23(20,21)13(14,15)16/h2-8,17H,1H2. The highest BCUT2D eigenvalue weighted by Gasteiger charge is 2.48. The number of fused-ring (bicyclic) bond motifs is 1. The lowest BCUT2D eigenvalue weighted by Crippen LogP contribution is -2.40. The van der Waals surface area contributed by atoms with Gasteiger partial charge in [-0.15, -0.1) is 0 Å². The van der Waals surface area contributed by atoms with Gasteiger partial charge in [0.1, 0.15) is 0 Å². The second-order valence-electron chi connectivity index (χ2n) is 4.48. The van der Waals surface area contributed by atoms with E-state index in [9.17, 15) is 30.0 Å². The molecule has 2 aromatic rings. The van der Waals surface area contributed by atoms with E-state index in [1.807, 2.05) is 0 Å². The highest BCUT2D eigenvalue weighted by atomic mass is 32.3. The van der Waals surface area contributed by atoms with Gasteiger partial charge in [-0.3, -0.25) is 0 Å². The molecule has 2 aromatic carbocycles. The van der Waals surface area contributed by atoms with E-state index in [1.54, 1.807) is 18.2 Å². The molecule has 0 saturated heterocycles. The van der Waals surface area contributed by atoms with Gasteiger partial charge in [-0.1, -0.05) is 41.0 Å². The zero-order valence-corrected chi connectivity index (χ0v) is 13.0. The third-order valence-electron chi connectivity index (χ3n) is 2.90. The van der Waals surface area contributed by atoms with Crippen LogP contribution < -0.4 is 4.13 Å². The molecule has 0 radical (unpaired) electrons. The largest absolute Gasteiger partial charge is 0.512 e. The van der Waals surface area contributed by atoms with Crippen LogP contribution in [0.4, 0.5) is 13.2 Å². The summed E-state index contributed by atoms with van der Waals surface area (Å²) >= 11 is 0. The molecular weight excluding hydrogens is 355 g/mol. The SMILES string of the molecule is C=Cc1cc(S(=O)(=O)NS(=O)(=O)C(F)(F)F)c2ccccc2c1. The molecule has 0 fully saturated rings. The Kier molecular flexibility index (Phi) is 4.26. The van der Waals surface area contributed by atoms with E-state index >= 15 is 0 Å². The summed E-state index contributed by atoms with van der Waals surface area (Å²) in [6.45, 7) is 3.46. The number of benzene rings is 2. The summed E-state index contributed by atoms with van der Waals surface area (Å²) in [4.78, 5) is -0.585. The molecule has 0 atom stereocenters. The van der Waals surface area contributed by atoms with Crippen molar-refractivity contribution in [1.82, 2.24) is 4.13 Å². The second-order valence-corrected chi connectivity index (χ2v) is 8.06. The zero-order chi connectivity index (χ0) is 17.5. The molecule has 5 nitrogen and oxygen atoms in total. The molecule has 0 heterocycles. The lowest BCUT2D eigenvalue weighted by Gasteiger charge is -2.12. The van der Waals surface area contributed by atoms with Crippen molar-refractivity contribution < 1.29 is 30.0 Å². The fraction of sp³-hybridized carbons (Fsp3) is 0.0769. The third kappa shape index (κ3) is 3.38. The van der Waals surface area contributed by atoms with Crippen LogP contribution in [0, 0.1) is 0 Å². The Morgan fingerprint density at radius 2 is 1.65 bits per heavy atom. The van der Waals surface area contributed by atoms with Crippen LogP contribution in [0.5, 0.6) is 0 Å². The normalized spacial score (nSPS) is 13.2. The highest BCUT2D eigenvalue weighted by Crippen LogP contribution is 2.28. The lowest BCUT2D eigenvalue weighted by atomic mass is 10.1. The van der Waals surface area contributed by atoms with Crippen LogP contribution in [0.2, 0.25) is 0 Å². The summed E-state index contributed by atoms with van der Waals surface area (Å²) in [5, 5.41) is 0.498. The molecule has 2 rings (SSSR count). The van der Waals surface area contributed by atoms with Gasteiger partial charge in [-0.05, 0) is 23.1 Å². The third-order valence-corrected chi connectivity index (χ3v) is 6.18. The molecule has 0 saturated carbocycles. The first-order valence-corrected chi connectivity index (χ1v) is 8.95. The fourth-order valence-corrected chi connectivity index (χ4v) is 4.53. The van der Waals surface area contributed by atoms with E-state index in [2.05, 4.69) is 6.58 Å². The number of rotatable bonds is 4. The Bertz CT molecular complexity index is 980. The van der Waals surface area contributed by atoms with Crippen molar-refractivity contribution in [2.75, 3.05) is 0 Å². The lowest BCUT2D eigenvalue weighted by molar-refractivity contribution is -0.0441. The molecule has 0 unspecified atom stereocenters. The molecule has 10 heteroatoms. The smallest absolute Gasteiger partial charge is 0.206 e. The maximum absolute atomic E-state index is 12.4. The summed E-state index contributed by atoms with van der Waals surface area (Å²) in [5.41, 5.74) is -5.43. The van der Waals surface area contributed by atoms with Crippen LogP contribution in [-0.4, -0.2) is 22.3 Å². The van der Waals surface area contributed by atoms with Gasteiger partial charge in [-0.25, -0.2) is 16.8 Å². The van der Waals surface area contributed by atoms with Crippen molar-refractivity contribution in [2.24, 2.45) is 0 Å². The molecule has 1 N–H and O–H groups in total. The average Bonchev–Trinajstić information content (AvgIpc) is 2.43. The molecule has 124 valence electrons. The Balaban J connectivity index is 2.70. The first-order chi connectivity index (χ1) is 10.5. The maximum Gasteiger partial charge on any atom is 0.512 e. The van der Waals surface area contributed by atoms with E-state index < -0.39 is 30.5 Å². The van der Waals surface area contributed by atoms with Crippen molar-refractivity contribution >= 4 is 36.9 Å². The molecule has 0 spiro atoms. The number of hydrogen-bond acceptors (Lipinski definition) is 4. The molecule has 0 aliphatic rings. The predicted molar refractivity (Wildman–Crippen MR) is 79.3 cm³/mol. The van der Waals surface area contributed by atoms with Gasteiger partial charge in [0.15, 0.2) is 0 Å². The summed E-state index contributed by atoms with van der Waals surface area (Å²) in [7, 11) is -11.0. The molecule has 0 bridgehead atoms. The zero-order valence-electron chi connectivity index (χ0n) is 11.3. The maximum atomic E-state index is 12.4.